The lowest BCUT2D eigenvalue weighted by atomic mass is 9.75. The molecule has 0 radical (unpaired) electrons. The summed E-state index contributed by atoms with van der Waals surface area (Å²) in [6, 6.07) is 20.5. The molecular weight excluding hydrogens is 380 g/mol. The van der Waals surface area contributed by atoms with Crippen molar-refractivity contribution >= 4 is 5.69 Å². The highest BCUT2D eigenvalue weighted by Crippen LogP contribution is 2.51. The highest BCUT2D eigenvalue weighted by molar-refractivity contribution is 5.60. The molecule has 1 saturated heterocycles. The van der Waals surface area contributed by atoms with Crippen LogP contribution in [-0.2, 0) is 0 Å². The van der Waals surface area contributed by atoms with E-state index in [2.05, 4.69) is 18.4 Å². The van der Waals surface area contributed by atoms with Crippen LogP contribution < -0.4 is 4.90 Å². The third kappa shape index (κ3) is 3.95. The van der Waals surface area contributed by atoms with Crippen LogP contribution in [0.15, 0.2) is 85.1 Å². The molecule has 2 unspecified atom stereocenters. The van der Waals surface area contributed by atoms with Gasteiger partial charge in [0.05, 0.1) is 6.04 Å². The molecule has 1 aliphatic rings. The molecule has 3 atom stereocenters. The first-order chi connectivity index (χ1) is 14.4. The summed E-state index contributed by atoms with van der Waals surface area (Å²) in [6.45, 7) is 6.47. The number of rotatable bonds is 6. The van der Waals surface area contributed by atoms with Gasteiger partial charge in [-0.15, -0.1) is 0 Å². The molecule has 154 valence electrons. The second kappa shape index (κ2) is 8.31. The normalized spacial score (nSPS) is 19.4. The van der Waals surface area contributed by atoms with Crippen LogP contribution >= 0.6 is 0 Å². The van der Waals surface area contributed by atoms with Gasteiger partial charge in [0, 0.05) is 17.3 Å². The monoisotopic (exact) mass is 405 g/mol. The number of hydrogen-bond acceptors (Lipinski definition) is 2. The zero-order chi connectivity index (χ0) is 21.3. The molecule has 0 bridgehead atoms. The van der Waals surface area contributed by atoms with E-state index < -0.39 is 0 Å². The van der Waals surface area contributed by atoms with E-state index in [1.54, 1.807) is 24.3 Å². The lowest BCUT2D eigenvalue weighted by molar-refractivity contribution is 0.333. The summed E-state index contributed by atoms with van der Waals surface area (Å²) in [5.74, 6) is 0.282. The second-order valence-electron chi connectivity index (χ2n) is 8.01. The minimum absolute atomic E-state index is 0.0731. The van der Waals surface area contributed by atoms with Crippen LogP contribution in [0.3, 0.4) is 0 Å². The van der Waals surface area contributed by atoms with E-state index in [1.165, 1.54) is 24.3 Å². The lowest BCUT2D eigenvalue weighted by Gasteiger charge is -2.52. The van der Waals surface area contributed by atoms with Crippen molar-refractivity contribution in [2.75, 3.05) is 4.90 Å². The van der Waals surface area contributed by atoms with Crippen molar-refractivity contribution < 1.29 is 13.9 Å². The van der Waals surface area contributed by atoms with E-state index in [4.69, 9.17) is 0 Å². The van der Waals surface area contributed by atoms with E-state index >= 15 is 0 Å². The zero-order valence-corrected chi connectivity index (χ0v) is 16.9. The number of phenolic OH excluding ortho intramolecular Hbond substituents is 1. The van der Waals surface area contributed by atoms with Crippen LogP contribution in [0.2, 0.25) is 0 Å². The van der Waals surface area contributed by atoms with Gasteiger partial charge in [-0.25, -0.2) is 8.78 Å². The molecule has 1 fully saturated rings. The predicted octanol–water partition coefficient (Wildman–Crippen LogP) is 6.95. The quantitative estimate of drug-likeness (QED) is 0.480. The Bertz CT molecular complexity index is 1010. The van der Waals surface area contributed by atoms with Gasteiger partial charge in [-0.05, 0) is 78.4 Å². The smallest absolute Gasteiger partial charge is 0.123 e. The molecule has 1 N–H and O–H groups in total. The number of hydrogen-bond donors (Lipinski definition) is 1. The number of phenols is 1. The van der Waals surface area contributed by atoms with Crippen molar-refractivity contribution in [3.8, 4) is 5.75 Å². The fourth-order valence-electron chi connectivity index (χ4n) is 4.33. The van der Waals surface area contributed by atoms with E-state index in [9.17, 15) is 13.9 Å². The van der Waals surface area contributed by atoms with Crippen molar-refractivity contribution in [1.82, 2.24) is 0 Å². The number of halogens is 2. The molecule has 3 aromatic rings. The molecule has 3 aromatic carbocycles. The van der Waals surface area contributed by atoms with E-state index in [0.29, 0.717) is 5.92 Å². The highest BCUT2D eigenvalue weighted by Gasteiger charge is 2.43. The molecule has 0 spiro atoms. The summed E-state index contributed by atoms with van der Waals surface area (Å²) in [5.41, 5.74) is 4.12. The minimum Gasteiger partial charge on any atom is -0.508 e. The maximum absolute atomic E-state index is 13.4. The topological polar surface area (TPSA) is 23.5 Å². The van der Waals surface area contributed by atoms with Gasteiger partial charge in [-0.2, -0.15) is 0 Å². The van der Waals surface area contributed by atoms with Crippen LogP contribution in [0.5, 0.6) is 5.75 Å². The highest BCUT2D eigenvalue weighted by atomic mass is 19.1. The maximum atomic E-state index is 13.4. The standard InChI is InChI=1S/C26H25F2NO/c1-17(19-4-8-21(27)9-5-19)3-16-25-18(2)29(23-12-10-22(28)11-13-23)26(25)20-6-14-24(30)15-7-20/h4-15,17,25-26,30H,2-3,16H2,1H3/t17?,25-,26?/m0/s1. The molecule has 0 aliphatic carbocycles. The third-order valence-corrected chi connectivity index (χ3v) is 6.09. The fourth-order valence-corrected chi connectivity index (χ4v) is 4.33. The average molecular weight is 405 g/mol. The van der Waals surface area contributed by atoms with Gasteiger partial charge in [0.25, 0.3) is 0 Å². The van der Waals surface area contributed by atoms with Gasteiger partial charge >= 0.3 is 0 Å². The van der Waals surface area contributed by atoms with Crippen LogP contribution in [-0.4, -0.2) is 5.11 Å². The van der Waals surface area contributed by atoms with Gasteiger partial charge in [0.2, 0.25) is 0 Å². The van der Waals surface area contributed by atoms with Crippen LogP contribution in [0.1, 0.15) is 42.9 Å². The fraction of sp³-hybridized carbons (Fsp3) is 0.231. The Morgan fingerprint density at radius 2 is 1.47 bits per heavy atom. The van der Waals surface area contributed by atoms with Crippen molar-refractivity contribution in [2.45, 2.75) is 31.7 Å². The molecule has 0 amide bonds. The maximum Gasteiger partial charge on any atom is 0.123 e. The Labute approximate surface area is 176 Å². The van der Waals surface area contributed by atoms with Crippen molar-refractivity contribution in [2.24, 2.45) is 5.92 Å². The van der Waals surface area contributed by atoms with E-state index in [1.807, 2.05) is 24.3 Å². The first-order valence-electron chi connectivity index (χ1n) is 10.2. The van der Waals surface area contributed by atoms with Gasteiger partial charge in [-0.3, -0.25) is 0 Å². The summed E-state index contributed by atoms with van der Waals surface area (Å²) in [5, 5.41) is 9.68. The molecule has 2 nitrogen and oxygen atoms in total. The van der Waals surface area contributed by atoms with Gasteiger partial charge in [0.15, 0.2) is 0 Å². The number of benzene rings is 3. The first-order valence-corrected chi connectivity index (χ1v) is 10.2. The molecule has 4 heteroatoms. The molecule has 4 rings (SSSR count). The Balaban J connectivity index is 1.55. The van der Waals surface area contributed by atoms with Crippen LogP contribution in [0, 0.1) is 17.6 Å². The largest absolute Gasteiger partial charge is 0.508 e. The van der Waals surface area contributed by atoms with Crippen molar-refractivity contribution in [1.29, 1.82) is 0 Å². The van der Waals surface area contributed by atoms with Crippen molar-refractivity contribution in [3.63, 3.8) is 0 Å². The first kappa shape index (κ1) is 20.1. The van der Waals surface area contributed by atoms with Gasteiger partial charge in [0.1, 0.15) is 17.4 Å². The molecular formula is C26H25F2NO. The molecule has 0 saturated carbocycles. The summed E-state index contributed by atoms with van der Waals surface area (Å²) in [7, 11) is 0. The predicted molar refractivity (Wildman–Crippen MR) is 116 cm³/mol. The van der Waals surface area contributed by atoms with E-state index in [0.717, 1.165) is 35.4 Å². The Morgan fingerprint density at radius 1 is 0.900 bits per heavy atom. The zero-order valence-electron chi connectivity index (χ0n) is 16.9. The number of aromatic hydroxyl groups is 1. The molecule has 1 aliphatic heterocycles. The number of nitrogens with zero attached hydrogens (tertiary/aromatic N) is 1. The second-order valence-corrected chi connectivity index (χ2v) is 8.01. The Kier molecular flexibility index (Phi) is 5.58. The van der Waals surface area contributed by atoms with Crippen LogP contribution in [0.4, 0.5) is 14.5 Å². The van der Waals surface area contributed by atoms with Gasteiger partial charge in [-0.1, -0.05) is 37.8 Å². The SMILES string of the molecule is C=C1[C@H](CCC(C)c2ccc(F)cc2)C(c2ccc(O)cc2)N1c1ccc(F)cc1. The molecule has 0 aromatic heterocycles. The van der Waals surface area contributed by atoms with Crippen LogP contribution in [0.25, 0.3) is 0 Å². The third-order valence-electron chi connectivity index (χ3n) is 6.09. The van der Waals surface area contributed by atoms with Crippen molar-refractivity contribution in [3.05, 3.63) is 108 Å². The van der Waals surface area contributed by atoms with E-state index in [-0.39, 0.29) is 29.3 Å². The number of anilines is 1. The summed E-state index contributed by atoms with van der Waals surface area (Å²) < 4.78 is 26.6. The average Bonchev–Trinajstić information content (AvgIpc) is 2.74. The minimum atomic E-state index is -0.268. The Morgan fingerprint density at radius 3 is 2.07 bits per heavy atom. The molecule has 1 heterocycles. The Hall–Kier alpha value is -3.14. The summed E-state index contributed by atoms with van der Waals surface area (Å²) >= 11 is 0. The summed E-state index contributed by atoms with van der Waals surface area (Å²) in [6.07, 6.45) is 1.88. The summed E-state index contributed by atoms with van der Waals surface area (Å²) in [4.78, 5) is 2.14. The lowest BCUT2D eigenvalue weighted by Crippen LogP contribution is -2.47. The molecule has 30 heavy (non-hydrogen) atoms. The van der Waals surface area contributed by atoms with Gasteiger partial charge < -0.3 is 10.0 Å².